The summed E-state index contributed by atoms with van der Waals surface area (Å²) in [6.07, 6.45) is 9.67. The Kier molecular flexibility index (Phi) is 23.9. The molecule has 9 aromatic carbocycles. The Morgan fingerprint density at radius 2 is 0.737 bits per heavy atom. The Morgan fingerprint density at radius 3 is 1.05 bits per heavy atom. The first-order valence-electron chi connectivity index (χ1n) is 36.3. The van der Waals surface area contributed by atoms with Crippen LogP contribution in [0.15, 0.2) is 315 Å². The van der Waals surface area contributed by atoms with Gasteiger partial charge in [-0.15, -0.1) is 11.6 Å². The van der Waals surface area contributed by atoms with E-state index in [9.17, 15) is 19.6 Å². The molecule has 114 heavy (non-hydrogen) atoms. The quantitative estimate of drug-likeness (QED) is 0.0443. The minimum Gasteiger partial charge on any atom is -0.512 e. The molecular formula is C93H67ClN15NaO4. The van der Waals surface area contributed by atoms with Crippen molar-refractivity contribution in [2.75, 3.05) is 12.4 Å². The van der Waals surface area contributed by atoms with Crippen molar-refractivity contribution < 1.29 is 48.7 Å². The molecule has 19 nitrogen and oxygen atoms in total. The summed E-state index contributed by atoms with van der Waals surface area (Å²) in [5.74, 6) is 0.471. The van der Waals surface area contributed by atoms with Crippen LogP contribution in [-0.2, 0) is 30.5 Å². The van der Waals surface area contributed by atoms with Crippen molar-refractivity contribution in [3.63, 3.8) is 0 Å². The van der Waals surface area contributed by atoms with E-state index in [1.54, 1.807) is 28.0 Å². The first-order chi connectivity index (χ1) is 55.7. The Labute approximate surface area is 683 Å². The van der Waals surface area contributed by atoms with Crippen LogP contribution in [0.2, 0.25) is 0 Å². The maximum atomic E-state index is 14.3. The zero-order chi connectivity index (χ0) is 77.7. The van der Waals surface area contributed by atoms with Crippen molar-refractivity contribution in [2.45, 2.75) is 32.1 Å². The van der Waals surface area contributed by atoms with Crippen LogP contribution < -0.4 is 35.3 Å². The Bertz CT molecular complexity index is 6410. The first-order valence-corrected chi connectivity index (χ1v) is 36.9. The summed E-state index contributed by atoms with van der Waals surface area (Å²) >= 11 is 6.45. The third kappa shape index (κ3) is 15.7. The number of rotatable bonds is 14. The molecule has 0 aliphatic carbocycles. The molecule has 0 amide bonds. The average Bonchev–Trinajstić information content (AvgIpc) is 1.58. The van der Waals surface area contributed by atoms with Gasteiger partial charge >= 0.3 is 29.6 Å². The molecule has 0 bridgehead atoms. The predicted molar refractivity (Wildman–Crippen MR) is 439 cm³/mol. The van der Waals surface area contributed by atoms with Crippen molar-refractivity contribution in [3.8, 4) is 73.2 Å². The Balaban J connectivity index is 0.000000136. The summed E-state index contributed by atoms with van der Waals surface area (Å²) in [5.41, 5.74) is 28.0. The van der Waals surface area contributed by atoms with Gasteiger partial charge in [0.1, 0.15) is 35.5 Å². The predicted octanol–water partition coefficient (Wildman–Crippen LogP) is 15.0. The van der Waals surface area contributed by atoms with Gasteiger partial charge in [0.25, 0.3) is 17.7 Å². The van der Waals surface area contributed by atoms with Crippen LogP contribution in [-0.4, -0.2) is 95.9 Å². The van der Waals surface area contributed by atoms with Gasteiger partial charge in [0, 0.05) is 123 Å². The van der Waals surface area contributed by atoms with E-state index in [1.165, 1.54) is 11.0 Å². The van der Waals surface area contributed by atoms with Crippen LogP contribution >= 0.6 is 11.6 Å². The van der Waals surface area contributed by atoms with Crippen LogP contribution in [0.1, 0.15) is 60.4 Å². The van der Waals surface area contributed by atoms with E-state index in [-0.39, 0.29) is 66.1 Å². The minimum absolute atomic E-state index is 0. The molecule has 10 heterocycles. The number of hydrogen-bond donors (Lipinski definition) is 2. The number of aromatic amines is 1. The van der Waals surface area contributed by atoms with E-state index >= 15 is 0 Å². The fourth-order valence-electron chi connectivity index (χ4n) is 14.8. The van der Waals surface area contributed by atoms with Crippen LogP contribution in [0.3, 0.4) is 0 Å². The number of alkyl halides is 1. The van der Waals surface area contributed by atoms with E-state index in [1.807, 2.05) is 249 Å². The van der Waals surface area contributed by atoms with Crippen LogP contribution in [0.4, 0.5) is 0 Å². The molecule has 0 saturated heterocycles. The number of nitrogens with one attached hydrogen (secondary N) is 1. The maximum absolute atomic E-state index is 14.3. The molecule has 3 N–H and O–H groups in total. The summed E-state index contributed by atoms with van der Waals surface area (Å²) in [5, 5.41) is 40.4. The molecular weight excluding hydrogens is 1450 g/mol. The van der Waals surface area contributed by atoms with Crippen molar-refractivity contribution >= 4 is 85.0 Å². The molecule has 546 valence electrons. The van der Waals surface area contributed by atoms with Gasteiger partial charge in [-0.3, -0.25) is 34.4 Å². The SMILES string of the molecule is N#CCC1=C(c2ccc3ncccc3c2)C(=O)n2nc(-c3ccccc3)c(-c3ccccc3)c2C1.NCC=O.O=C1C(c2ccc3ncccc3c2)=C(CCl)Cc2c(-c3ccccc3)c(-c3ccccc3)nn21.O=C1C(c2ccc3ncccc3c2)=C(Cc2ncn[nH]2)Cc2c(-c3ccccc3)c(-c3ccccc3)nn21.[C-]#N.[Na+]. The van der Waals surface area contributed by atoms with Gasteiger partial charge in [0.15, 0.2) is 0 Å². The second-order valence-corrected chi connectivity index (χ2v) is 26.8. The zero-order valence-corrected chi connectivity index (χ0v) is 64.5. The average molecular weight is 1520 g/mol. The summed E-state index contributed by atoms with van der Waals surface area (Å²) in [4.78, 5) is 68.8. The van der Waals surface area contributed by atoms with Gasteiger partial charge in [0.2, 0.25) is 0 Å². The zero-order valence-electron chi connectivity index (χ0n) is 61.7. The van der Waals surface area contributed by atoms with Gasteiger partial charge in [-0.05, 0) is 105 Å². The van der Waals surface area contributed by atoms with Crippen molar-refractivity contribution in [1.29, 1.82) is 10.5 Å². The second kappa shape index (κ2) is 35.4. The molecule has 0 saturated carbocycles. The number of nitrogens with two attached hydrogens (primary N) is 1. The number of allylic oxidation sites excluding steroid dienone is 6. The van der Waals surface area contributed by atoms with Gasteiger partial charge in [0.05, 0.1) is 46.1 Å². The third-order valence-electron chi connectivity index (χ3n) is 19.8. The first kappa shape index (κ1) is 76.9. The fourth-order valence-corrected chi connectivity index (χ4v) is 15.0. The molecule has 0 radical (unpaired) electrons. The fraction of sp³-hybridized carbons (Fsp3) is 0.0753. The van der Waals surface area contributed by atoms with Gasteiger partial charge in [-0.2, -0.15) is 39.7 Å². The standard InChI is InChI=1S/C31H22N6O.C30H20N4O.C29H20ClN3O.C2H5NO.CN.Na/c38-31-28(23-13-14-25-22(16-23)12-7-15-32-25)24(18-27-33-19-34-35-27)17-26-29(20-8-3-1-4-9-20)30(36-37(26)31)21-10-5-2-6-11-21;31-16-15-24-19-26-28(20-8-3-1-4-9-20)29(21-10-5-2-6-11-21)33-34(26)30(35)27(24)23-13-14-25-22(18-23)12-7-17-32-25;30-18-23-17-25-27(19-8-3-1-4-9-19)28(20-10-5-2-6-11-20)32-33(25)29(34)26(23)22-13-14-24-21(16-22)12-7-15-31-24;3-1-2-4;1-2;/h1-16,19H,17-18H2,(H,33,34,35);1-14,17-18H,15,19H2;1-16H,17-18H2;2H,1,3H2;;/q;;;;-1;+1. The molecule has 16 aromatic rings. The maximum Gasteiger partial charge on any atom is 1.00 e. The van der Waals surface area contributed by atoms with E-state index in [0.29, 0.717) is 54.5 Å². The number of carbonyl (C=O) groups is 4. The topological polar surface area (TPSA) is 276 Å². The Hall–Kier alpha value is -13.9. The number of fused-ring (bicyclic) bond motifs is 6. The third-order valence-corrected chi connectivity index (χ3v) is 20.1. The van der Waals surface area contributed by atoms with Crippen LogP contribution in [0.5, 0.6) is 0 Å². The summed E-state index contributed by atoms with van der Waals surface area (Å²) < 4.78 is 4.70. The molecule has 0 spiro atoms. The van der Waals surface area contributed by atoms with Crippen molar-refractivity contribution in [1.82, 2.24) is 59.5 Å². The molecule has 0 unspecified atom stereocenters. The second-order valence-electron chi connectivity index (χ2n) is 26.5. The van der Waals surface area contributed by atoms with E-state index in [4.69, 9.17) is 43.5 Å². The monoisotopic (exact) mass is 1520 g/mol. The number of H-pyrrole nitrogens is 1. The number of hydrogen-bond acceptors (Lipinski definition) is 15. The molecule has 0 atom stereocenters. The van der Waals surface area contributed by atoms with E-state index in [2.05, 4.69) is 66.2 Å². The normalized spacial score (nSPS) is 12.6. The summed E-state index contributed by atoms with van der Waals surface area (Å²) in [7, 11) is 0. The number of pyridine rings is 3. The summed E-state index contributed by atoms with van der Waals surface area (Å²) in [6, 6.07) is 91.8. The van der Waals surface area contributed by atoms with Crippen molar-refractivity contribution in [2.24, 2.45) is 5.73 Å². The van der Waals surface area contributed by atoms with Crippen LogP contribution in [0.25, 0.3) is 117 Å². The number of nitrogens with zero attached hydrogens (tertiary/aromatic N) is 13. The largest absolute Gasteiger partial charge is 1.00 e. The number of nitriles is 1. The number of aromatic nitrogens is 12. The smallest absolute Gasteiger partial charge is 0.512 e. The van der Waals surface area contributed by atoms with Gasteiger partial charge < -0.3 is 22.4 Å². The van der Waals surface area contributed by atoms with Crippen molar-refractivity contribution in [3.05, 3.63) is 361 Å². The number of aldehydes is 1. The number of carbonyl (C=O) groups excluding carboxylic acids is 4. The molecule has 0 fully saturated rings. The number of halogens is 1. The molecule has 3 aliphatic heterocycles. The van der Waals surface area contributed by atoms with Gasteiger partial charge in [-0.1, -0.05) is 218 Å². The van der Waals surface area contributed by atoms with Crippen LogP contribution in [0, 0.1) is 23.2 Å². The van der Waals surface area contributed by atoms with Gasteiger partial charge in [-0.25, -0.2) is 4.98 Å². The molecule has 3 aliphatic rings. The van der Waals surface area contributed by atoms with E-state index < -0.39 is 0 Å². The minimum atomic E-state index is -0.209. The Morgan fingerprint density at radius 1 is 0.421 bits per heavy atom. The summed E-state index contributed by atoms with van der Waals surface area (Å²) in [6.45, 7) is 4.89. The number of benzene rings is 9. The van der Waals surface area contributed by atoms with E-state index in [0.717, 1.165) is 150 Å². The molecule has 7 aromatic heterocycles. The molecule has 19 rings (SSSR count). The molecule has 21 heteroatoms.